The molecule has 1 aromatic rings. The smallest absolute Gasteiger partial charge is 0.342 e. The number of methoxy groups -OCH3 is 4. The molecule has 6 nitrogen and oxygen atoms in total. The Labute approximate surface area is 104 Å². The van der Waals surface area contributed by atoms with Crippen LogP contribution < -0.4 is 9.47 Å². The summed E-state index contributed by atoms with van der Waals surface area (Å²) >= 11 is 0. The van der Waals surface area contributed by atoms with E-state index in [2.05, 4.69) is 9.47 Å². The highest BCUT2D eigenvalue weighted by Crippen LogP contribution is 2.34. The molecule has 0 unspecified atom stereocenters. The molecule has 0 radical (unpaired) electrons. The molecular formula is C12H14O6. The highest BCUT2D eigenvalue weighted by Gasteiger charge is 2.26. The fraction of sp³-hybridized carbons (Fsp3) is 0.333. The number of benzene rings is 1. The van der Waals surface area contributed by atoms with E-state index in [0.29, 0.717) is 5.75 Å². The van der Waals surface area contributed by atoms with Crippen LogP contribution in [0.15, 0.2) is 12.1 Å². The van der Waals surface area contributed by atoms with Crippen molar-refractivity contribution < 1.29 is 28.5 Å². The number of esters is 2. The van der Waals surface area contributed by atoms with E-state index in [0.717, 1.165) is 0 Å². The summed E-state index contributed by atoms with van der Waals surface area (Å²) in [7, 11) is 5.23. The van der Waals surface area contributed by atoms with Gasteiger partial charge in [0.1, 0.15) is 5.56 Å². The maximum atomic E-state index is 11.7. The maximum Gasteiger partial charge on any atom is 0.342 e. The van der Waals surface area contributed by atoms with Gasteiger partial charge in [-0.1, -0.05) is 0 Å². The van der Waals surface area contributed by atoms with Crippen molar-refractivity contribution >= 4 is 11.9 Å². The minimum atomic E-state index is -0.703. The van der Waals surface area contributed by atoms with Crippen molar-refractivity contribution in [1.29, 1.82) is 0 Å². The molecule has 0 spiro atoms. The van der Waals surface area contributed by atoms with Crippen molar-refractivity contribution in [2.24, 2.45) is 0 Å². The van der Waals surface area contributed by atoms with Crippen LogP contribution in [0, 0.1) is 0 Å². The highest BCUT2D eigenvalue weighted by molar-refractivity contribution is 6.05. The van der Waals surface area contributed by atoms with Crippen molar-refractivity contribution in [3.63, 3.8) is 0 Å². The molecule has 0 fully saturated rings. The topological polar surface area (TPSA) is 71.1 Å². The lowest BCUT2D eigenvalue weighted by Crippen LogP contribution is -2.14. The van der Waals surface area contributed by atoms with Crippen LogP contribution in [0.4, 0.5) is 0 Å². The first-order chi connectivity index (χ1) is 8.60. The Morgan fingerprint density at radius 2 is 1.50 bits per heavy atom. The van der Waals surface area contributed by atoms with Gasteiger partial charge in [-0.2, -0.15) is 0 Å². The molecule has 0 N–H and O–H groups in total. The zero-order chi connectivity index (χ0) is 13.7. The SMILES string of the molecule is COC(=O)c1ccc(OC)c(OC)c1C(=O)OC. The summed E-state index contributed by atoms with van der Waals surface area (Å²) in [6.07, 6.45) is 0. The largest absolute Gasteiger partial charge is 0.493 e. The molecule has 0 aliphatic rings. The fourth-order valence-electron chi connectivity index (χ4n) is 1.51. The summed E-state index contributed by atoms with van der Waals surface area (Å²) in [5, 5.41) is 0. The second-order valence-electron chi connectivity index (χ2n) is 3.21. The predicted molar refractivity (Wildman–Crippen MR) is 62.2 cm³/mol. The first kappa shape index (κ1) is 13.8. The second-order valence-corrected chi connectivity index (χ2v) is 3.21. The summed E-state index contributed by atoms with van der Waals surface area (Å²) in [4.78, 5) is 23.3. The average molecular weight is 254 g/mol. The summed E-state index contributed by atoms with van der Waals surface area (Å²) in [5.74, 6) is -0.902. The Kier molecular flexibility index (Phi) is 4.53. The van der Waals surface area contributed by atoms with Gasteiger partial charge in [-0.3, -0.25) is 0 Å². The summed E-state index contributed by atoms with van der Waals surface area (Å²) in [6, 6.07) is 2.93. The number of ether oxygens (including phenoxy) is 4. The standard InChI is InChI=1S/C12H14O6/c1-15-8-6-5-7(11(13)17-3)9(10(8)16-2)12(14)18-4/h5-6H,1-4H3. The third-order valence-electron chi connectivity index (χ3n) is 2.34. The third-order valence-corrected chi connectivity index (χ3v) is 2.34. The number of carbonyl (C=O) groups is 2. The quantitative estimate of drug-likeness (QED) is 0.754. The van der Waals surface area contributed by atoms with Crippen molar-refractivity contribution in [2.45, 2.75) is 0 Å². The Hall–Kier alpha value is -2.24. The molecule has 0 amide bonds. The van der Waals surface area contributed by atoms with E-state index in [4.69, 9.17) is 9.47 Å². The Balaban J connectivity index is 3.53. The first-order valence-corrected chi connectivity index (χ1v) is 5.02. The van der Waals surface area contributed by atoms with Gasteiger partial charge in [0, 0.05) is 0 Å². The van der Waals surface area contributed by atoms with E-state index < -0.39 is 11.9 Å². The maximum absolute atomic E-state index is 11.7. The first-order valence-electron chi connectivity index (χ1n) is 5.02. The molecule has 6 heteroatoms. The Morgan fingerprint density at radius 1 is 0.889 bits per heavy atom. The van der Waals surface area contributed by atoms with Crippen molar-refractivity contribution in [3.8, 4) is 11.5 Å². The van der Waals surface area contributed by atoms with Crippen LogP contribution in [0.1, 0.15) is 20.7 Å². The van der Waals surface area contributed by atoms with Crippen LogP contribution in [0.25, 0.3) is 0 Å². The summed E-state index contributed by atoms with van der Waals surface area (Å²) in [6.45, 7) is 0. The molecule has 0 aromatic heterocycles. The van der Waals surface area contributed by atoms with Gasteiger partial charge in [0.2, 0.25) is 0 Å². The molecule has 0 saturated heterocycles. The summed E-state index contributed by atoms with van der Waals surface area (Å²) < 4.78 is 19.4. The van der Waals surface area contributed by atoms with Gasteiger partial charge in [0.05, 0.1) is 34.0 Å². The zero-order valence-electron chi connectivity index (χ0n) is 10.6. The number of hydrogen-bond donors (Lipinski definition) is 0. The number of hydrogen-bond acceptors (Lipinski definition) is 6. The van der Waals surface area contributed by atoms with Gasteiger partial charge in [-0.25, -0.2) is 9.59 Å². The van der Waals surface area contributed by atoms with E-state index in [-0.39, 0.29) is 16.9 Å². The van der Waals surface area contributed by atoms with Crippen LogP contribution in [0.3, 0.4) is 0 Å². The van der Waals surface area contributed by atoms with Crippen LogP contribution in [0.2, 0.25) is 0 Å². The molecule has 0 saturated carbocycles. The molecule has 18 heavy (non-hydrogen) atoms. The molecule has 98 valence electrons. The van der Waals surface area contributed by atoms with E-state index in [9.17, 15) is 9.59 Å². The van der Waals surface area contributed by atoms with Crippen molar-refractivity contribution in [3.05, 3.63) is 23.3 Å². The molecule has 1 aromatic carbocycles. The number of carbonyl (C=O) groups excluding carboxylic acids is 2. The van der Waals surface area contributed by atoms with Gasteiger partial charge >= 0.3 is 11.9 Å². The Morgan fingerprint density at radius 3 is 1.94 bits per heavy atom. The monoisotopic (exact) mass is 254 g/mol. The minimum absolute atomic E-state index is 0.0220. The van der Waals surface area contributed by atoms with Crippen LogP contribution in [-0.2, 0) is 9.47 Å². The average Bonchev–Trinajstić information content (AvgIpc) is 2.43. The molecule has 1 rings (SSSR count). The van der Waals surface area contributed by atoms with E-state index in [1.807, 2.05) is 0 Å². The molecule has 0 atom stereocenters. The van der Waals surface area contributed by atoms with Gasteiger partial charge in [-0.05, 0) is 12.1 Å². The molecule has 0 heterocycles. The van der Waals surface area contributed by atoms with E-state index in [1.165, 1.54) is 40.6 Å². The van der Waals surface area contributed by atoms with Crippen molar-refractivity contribution in [2.75, 3.05) is 28.4 Å². The fourth-order valence-corrected chi connectivity index (χ4v) is 1.51. The lowest BCUT2D eigenvalue weighted by Gasteiger charge is -2.14. The van der Waals surface area contributed by atoms with E-state index in [1.54, 1.807) is 0 Å². The highest BCUT2D eigenvalue weighted by atomic mass is 16.5. The summed E-state index contributed by atoms with van der Waals surface area (Å²) in [5.41, 5.74) is 0.0354. The molecule has 0 aliphatic carbocycles. The van der Waals surface area contributed by atoms with Gasteiger partial charge in [0.25, 0.3) is 0 Å². The second kappa shape index (κ2) is 5.90. The number of rotatable bonds is 4. The van der Waals surface area contributed by atoms with Gasteiger partial charge < -0.3 is 18.9 Å². The normalized spacial score (nSPS) is 9.56. The molecular weight excluding hydrogens is 240 g/mol. The minimum Gasteiger partial charge on any atom is -0.493 e. The van der Waals surface area contributed by atoms with Crippen LogP contribution >= 0.6 is 0 Å². The van der Waals surface area contributed by atoms with Crippen LogP contribution in [0.5, 0.6) is 11.5 Å². The molecule has 0 bridgehead atoms. The van der Waals surface area contributed by atoms with Crippen molar-refractivity contribution in [1.82, 2.24) is 0 Å². The third kappa shape index (κ3) is 2.37. The van der Waals surface area contributed by atoms with E-state index >= 15 is 0 Å². The Bertz CT molecular complexity index is 466. The zero-order valence-corrected chi connectivity index (χ0v) is 10.6. The lowest BCUT2D eigenvalue weighted by molar-refractivity contribution is 0.0551. The van der Waals surface area contributed by atoms with Crippen LogP contribution in [-0.4, -0.2) is 40.4 Å². The predicted octanol–water partition coefficient (Wildman–Crippen LogP) is 1.28. The lowest BCUT2D eigenvalue weighted by atomic mass is 10.1. The molecule has 0 aliphatic heterocycles. The van der Waals surface area contributed by atoms with Gasteiger partial charge in [-0.15, -0.1) is 0 Å². The van der Waals surface area contributed by atoms with Gasteiger partial charge in [0.15, 0.2) is 11.5 Å².